The first kappa shape index (κ1) is 32.5. The number of aliphatic hydroxyl groups is 2. The molecule has 0 aliphatic carbocycles. The molecule has 2 aliphatic rings. The van der Waals surface area contributed by atoms with Crippen LogP contribution in [0.15, 0.2) is 61.3 Å². The zero-order valence-corrected chi connectivity index (χ0v) is 27.6. The van der Waals surface area contributed by atoms with Crippen LogP contribution in [0.3, 0.4) is 0 Å². The number of hydrogen-bond donors (Lipinski definition) is 3. The van der Waals surface area contributed by atoms with E-state index in [9.17, 15) is 19.8 Å². The Morgan fingerprint density at radius 3 is 2.64 bits per heavy atom. The molecule has 3 N–H and O–H groups in total. The minimum Gasteiger partial charge on any atom is -0.497 e. The Balaban J connectivity index is 1.59. The summed E-state index contributed by atoms with van der Waals surface area (Å²) in [6, 6.07) is 13.6. The van der Waals surface area contributed by atoms with Gasteiger partial charge in [-0.15, -0.1) is 11.7 Å². The van der Waals surface area contributed by atoms with E-state index in [1.165, 1.54) is 12.1 Å². The summed E-state index contributed by atoms with van der Waals surface area (Å²) in [6.45, 7) is 12.9. The average Bonchev–Trinajstić information content (AvgIpc) is 3.66. The van der Waals surface area contributed by atoms with Crippen LogP contribution >= 0.6 is 0 Å². The summed E-state index contributed by atoms with van der Waals surface area (Å²) >= 11 is 0. The topological polar surface area (TPSA) is 139 Å². The number of methoxy groups -OCH3 is 1. The number of aromatic nitrogens is 3. The van der Waals surface area contributed by atoms with E-state index >= 15 is 0 Å². The van der Waals surface area contributed by atoms with Crippen molar-refractivity contribution < 1.29 is 29.3 Å². The van der Waals surface area contributed by atoms with Crippen LogP contribution in [0.4, 0.5) is 11.4 Å². The summed E-state index contributed by atoms with van der Waals surface area (Å²) in [6.07, 6.45) is 3.07. The normalized spacial score (nSPS) is 23.3. The highest BCUT2D eigenvalue weighted by Crippen LogP contribution is 2.60. The lowest BCUT2D eigenvalue weighted by molar-refractivity contribution is -0.145. The highest BCUT2D eigenvalue weighted by molar-refractivity contribution is 6.91. The molecule has 5 rings (SSSR count). The number of anilines is 2. The molecule has 2 aliphatic heterocycles. The van der Waals surface area contributed by atoms with Crippen molar-refractivity contribution in [3.63, 3.8) is 0 Å². The average molecular weight is 634 g/mol. The van der Waals surface area contributed by atoms with Crippen LogP contribution in [-0.4, -0.2) is 77.6 Å². The number of carbonyl (C=O) groups excluding carboxylic acids is 2. The molecule has 1 saturated heterocycles. The van der Waals surface area contributed by atoms with Crippen LogP contribution in [0.2, 0.25) is 18.6 Å². The van der Waals surface area contributed by atoms with E-state index in [-0.39, 0.29) is 30.1 Å². The Labute approximate surface area is 264 Å². The standard InChI is InChI=1S/C33H43N5O6Si/c1-7-16-38-28-13-8-23(34-31(41)22(3)40)19-27(28)33(32(38)42)21(2)30(45(5,6)26-11-9-25(43-4)10-12-26)29(44-33)14-17-37-20-24(15-18-39)35-36-37/h7-13,19-22,29-30,39-40H,1,14-18H2,2-6H3,(H,34,41)/t21-,22+,29+,30-,33+/m1/s1. The van der Waals surface area contributed by atoms with Gasteiger partial charge in [-0.1, -0.05) is 48.6 Å². The number of amides is 2. The maximum Gasteiger partial charge on any atom is 0.264 e. The fraction of sp³-hybridized carbons (Fsp3) is 0.455. The first-order valence-corrected chi connectivity index (χ1v) is 18.4. The van der Waals surface area contributed by atoms with Crippen LogP contribution in [0.25, 0.3) is 0 Å². The zero-order valence-electron chi connectivity index (χ0n) is 26.6. The van der Waals surface area contributed by atoms with Gasteiger partial charge in [-0.2, -0.15) is 0 Å². The van der Waals surface area contributed by atoms with Gasteiger partial charge < -0.3 is 29.9 Å². The second kappa shape index (κ2) is 12.9. The molecule has 45 heavy (non-hydrogen) atoms. The number of ether oxygens (including phenoxy) is 2. The number of nitrogens with zero attached hydrogens (tertiary/aromatic N) is 4. The Bertz CT molecular complexity index is 1560. The number of hydrogen-bond acceptors (Lipinski definition) is 8. The van der Waals surface area contributed by atoms with E-state index in [4.69, 9.17) is 9.47 Å². The first-order chi connectivity index (χ1) is 21.5. The minimum absolute atomic E-state index is 0.00340. The molecule has 3 heterocycles. The molecule has 5 atom stereocenters. The summed E-state index contributed by atoms with van der Waals surface area (Å²) in [7, 11) is -0.697. The number of benzene rings is 2. The van der Waals surface area contributed by atoms with Crippen molar-refractivity contribution in [1.82, 2.24) is 15.0 Å². The molecule has 1 fully saturated rings. The molecule has 12 heteroatoms. The van der Waals surface area contributed by atoms with E-state index in [2.05, 4.69) is 54.4 Å². The minimum atomic E-state index is -2.35. The largest absolute Gasteiger partial charge is 0.497 e. The Morgan fingerprint density at radius 1 is 1.27 bits per heavy atom. The van der Waals surface area contributed by atoms with Crippen LogP contribution < -0.4 is 20.1 Å². The van der Waals surface area contributed by atoms with Gasteiger partial charge in [-0.25, -0.2) is 0 Å². The summed E-state index contributed by atoms with van der Waals surface area (Å²) in [4.78, 5) is 28.7. The van der Waals surface area contributed by atoms with Gasteiger partial charge in [0, 0.05) is 49.5 Å². The van der Waals surface area contributed by atoms with Gasteiger partial charge in [0.15, 0.2) is 5.60 Å². The number of aryl methyl sites for hydroxylation is 1. The maximum atomic E-state index is 14.6. The van der Waals surface area contributed by atoms with Crippen molar-refractivity contribution >= 4 is 36.4 Å². The van der Waals surface area contributed by atoms with Crippen LogP contribution in [0, 0.1) is 5.92 Å². The van der Waals surface area contributed by atoms with Gasteiger partial charge in [0.1, 0.15) is 11.9 Å². The molecule has 2 amide bonds. The monoisotopic (exact) mass is 633 g/mol. The number of fused-ring (bicyclic) bond motifs is 2. The molecule has 0 saturated carbocycles. The number of nitrogens with one attached hydrogen (secondary N) is 1. The van der Waals surface area contributed by atoms with E-state index in [1.54, 1.807) is 28.8 Å². The quantitative estimate of drug-likeness (QED) is 0.204. The number of aliphatic hydroxyl groups excluding tert-OH is 2. The summed E-state index contributed by atoms with van der Waals surface area (Å²) in [5.41, 5.74) is 1.33. The second-order valence-electron chi connectivity index (χ2n) is 12.5. The van der Waals surface area contributed by atoms with E-state index in [1.807, 2.05) is 30.5 Å². The SMILES string of the molecule is C=CCN1C(=O)[C@@]2(O[C@@H](CCn3cc(CCO)nn3)[C@H]([Si](C)(C)c3ccc(OC)cc3)[C@H]2C)c2cc(NC(=O)[C@H](C)O)ccc21. The Hall–Kier alpha value is -3.84. The maximum absolute atomic E-state index is 14.6. The van der Waals surface area contributed by atoms with Gasteiger partial charge in [0.25, 0.3) is 11.8 Å². The lowest BCUT2D eigenvalue weighted by Gasteiger charge is -2.37. The van der Waals surface area contributed by atoms with Crippen molar-refractivity contribution in [1.29, 1.82) is 0 Å². The van der Waals surface area contributed by atoms with E-state index in [0.717, 1.165) is 11.4 Å². The lowest BCUT2D eigenvalue weighted by Crippen LogP contribution is -2.52. The van der Waals surface area contributed by atoms with Gasteiger partial charge in [0.2, 0.25) is 0 Å². The Morgan fingerprint density at radius 2 is 2.00 bits per heavy atom. The Kier molecular flexibility index (Phi) is 9.31. The van der Waals surface area contributed by atoms with Crippen LogP contribution in [0.1, 0.15) is 31.5 Å². The molecule has 0 unspecified atom stereocenters. The van der Waals surface area contributed by atoms with Crippen molar-refractivity contribution in [3.8, 4) is 5.75 Å². The van der Waals surface area contributed by atoms with Crippen molar-refractivity contribution in [3.05, 3.63) is 72.6 Å². The molecule has 11 nitrogen and oxygen atoms in total. The predicted octanol–water partition coefficient (Wildman–Crippen LogP) is 2.98. The third-order valence-corrected chi connectivity index (χ3v) is 13.8. The van der Waals surface area contributed by atoms with Crippen LogP contribution in [-0.2, 0) is 32.9 Å². The molecule has 0 bridgehead atoms. The number of carbonyl (C=O) groups is 2. The molecular weight excluding hydrogens is 590 g/mol. The molecule has 1 aromatic heterocycles. The van der Waals surface area contributed by atoms with Crippen molar-refractivity contribution in [2.24, 2.45) is 5.92 Å². The fourth-order valence-electron chi connectivity index (χ4n) is 7.15. The summed E-state index contributed by atoms with van der Waals surface area (Å²) in [5, 5.41) is 31.6. The first-order valence-electron chi connectivity index (χ1n) is 15.4. The summed E-state index contributed by atoms with van der Waals surface area (Å²) < 4.78 is 14.3. The molecule has 240 valence electrons. The molecule has 2 aromatic carbocycles. The summed E-state index contributed by atoms with van der Waals surface area (Å²) in [5.74, 6) is -0.129. The van der Waals surface area contributed by atoms with E-state index in [0.29, 0.717) is 42.9 Å². The van der Waals surface area contributed by atoms with Crippen molar-refractivity contribution in [2.75, 3.05) is 30.5 Å². The molecule has 0 radical (unpaired) electrons. The van der Waals surface area contributed by atoms with Gasteiger partial charge >= 0.3 is 0 Å². The third-order valence-electron chi connectivity index (χ3n) is 9.39. The molecule has 1 spiro atoms. The van der Waals surface area contributed by atoms with Gasteiger partial charge in [0.05, 0.1) is 32.7 Å². The highest BCUT2D eigenvalue weighted by Gasteiger charge is 2.66. The second-order valence-corrected chi connectivity index (χ2v) is 17.2. The zero-order chi connectivity index (χ0) is 32.5. The lowest BCUT2D eigenvalue weighted by atomic mass is 9.82. The predicted molar refractivity (Wildman–Crippen MR) is 174 cm³/mol. The van der Waals surface area contributed by atoms with E-state index < -0.39 is 25.7 Å². The van der Waals surface area contributed by atoms with Crippen molar-refractivity contribution in [2.45, 2.75) is 69.7 Å². The molecular formula is C33H43N5O6Si. The number of rotatable bonds is 12. The van der Waals surface area contributed by atoms with Gasteiger partial charge in [-0.3, -0.25) is 14.3 Å². The highest BCUT2D eigenvalue weighted by atomic mass is 28.3. The fourth-order valence-corrected chi connectivity index (χ4v) is 11.2. The smallest absolute Gasteiger partial charge is 0.264 e. The van der Waals surface area contributed by atoms with Crippen LogP contribution in [0.5, 0.6) is 5.75 Å². The van der Waals surface area contributed by atoms with Gasteiger partial charge in [-0.05, 0) is 49.2 Å². The molecule has 3 aromatic rings. The third kappa shape index (κ3) is 5.83.